The number of nitrogens with zero attached hydrogens (tertiary/aromatic N) is 1. The number of allylic oxidation sites excluding steroid dienone is 7. The van der Waals surface area contributed by atoms with Gasteiger partial charge in [-0.05, 0) is 29.6 Å². The van der Waals surface area contributed by atoms with Gasteiger partial charge in [0, 0.05) is 0 Å². The van der Waals surface area contributed by atoms with Crippen LogP contribution in [0.4, 0.5) is 0 Å². The van der Waals surface area contributed by atoms with Crippen LogP contribution in [-0.4, -0.2) is 20.1 Å². The quantitative estimate of drug-likeness (QED) is 0.301. The van der Waals surface area contributed by atoms with Crippen molar-refractivity contribution in [3.8, 4) is 0 Å². The molecule has 0 saturated carbocycles. The van der Waals surface area contributed by atoms with E-state index in [0.717, 1.165) is 16.9 Å². The summed E-state index contributed by atoms with van der Waals surface area (Å²) in [5, 5.41) is 5.23. The summed E-state index contributed by atoms with van der Waals surface area (Å²) >= 11 is 0. The molecule has 0 heterocycles. The minimum Gasteiger partial charge on any atom is -0.572 e. The lowest BCUT2D eigenvalue weighted by Crippen LogP contribution is -2.29. The second-order valence-electron chi connectivity index (χ2n) is 2.85. The van der Waals surface area contributed by atoms with Crippen LogP contribution in [0.1, 0.15) is 6.92 Å². The molecule has 2 N–H and O–H groups in total. The molecule has 0 spiro atoms. The van der Waals surface area contributed by atoms with E-state index in [9.17, 15) is 0 Å². The molecule has 3 nitrogen and oxygen atoms in total. The lowest BCUT2D eigenvalue weighted by Gasteiger charge is -2.05. The molecule has 0 atom stereocenters. The van der Waals surface area contributed by atoms with Gasteiger partial charge >= 0.3 is 8.05 Å². The van der Waals surface area contributed by atoms with Gasteiger partial charge in [0.15, 0.2) is 5.71 Å². The fourth-order valence-corrected chi connectivity index (χ4v) is 1.23. The Balaban J connectivity index is 3.04. The van der Waals surface area contributed by atoms with Crippen LogP contribution < -0.4 is 5.41 Å². The van der Waals surface area contributed by atoms with E-state index in [2.05, 4.69) is 9.65 Å². The zero-order valence-corrected chi connectivity index (χ0v) is 8.55. The molecule has 0 aromatic heterocycles. The SMILES string of the molecule is [B]O/C=C1C=C(/C=C/C)C=CC/1=NC=[NH2+]. The topological polar surface area (TPSA) is 47.2 Å². The number of hydrogen-bond acceptors (Lipinski definition) is 1. The summed E-state index contributed by atoms with van der Waals surface area (Å²) in [5.74, 6) is 0. The van der Waals surface area contributed by atoms with Crippen molar-refractivity contribution in [3.05, 3.63) is 47.8 Å². The van der Waals surface area contributed by atoms with E-state index < -0.39 is 0 Å². The van der Waals surface area contributed by atoms with E-state index >= 15 is 0 Å². The van der Waals surface area contributed by atoms with E-state index in [1.54, 1.807) is 0 Å². The van der Waals surface area contributed by atoms with E-state index in [1.165, 1.54) is 12.6 Å². The fourth-order valence-electron chi connectivity index (χ4n) is 1.23. The van der Waals surface area contributed by atoms with Crippen molar-refractivity contribution >= 4 is 20.1 Å². The molecule has 4 heteroatoms. The lowest BCUT2D eigenvalue weighted by molar-refractivity contribution is -0.106. The van der Waals surface area contributed by atoms with Crippen LogP contribution >= 0.6 is 0 Å². The second-order valence-corrected chi connectivity index (χ2v) is 2.85. The van der Waals surface area contributed by atoms with Crippen molar-refractivity contribution in [2.45, 2.75) is 6.92 Å². The highest BCUT2D eigenvalue weighted by Crippen LogP contribution is 2.15. The Morgan fingerprint density at radius 1 is 1.47 bits per heavy atom. The third-order valence-electron chi connectivity index (χ3n) is 1.82. The van der Waals surface area contributed by atoms with Crippen molar-refractivity contribution in [2.24, 2.45) is 4.99 Å². The number of rotatable bonds is 3. The maximum atomic E-state index is 5.23. The molecule has 0 unspecified atom stereocenters. The molecule has 1 aliphatic rings. The third kappa shape index (κ3) is 3.09. The number of nitrogens with two attached hydrogens (primary N) is 1. The highest BCUT2D eigenvalue weighted by Gasteiger charge is 2.11. The van der Waals surface area contributed by atoms with Gasteiger partial charge in [0.05, 0.1) is 11.8 Å². The van der Waals surface area contributed by atoms with Crippen LogP contribution in [0, 0.1) is 0 Å². The molecule has 1 aliphatic carbocycles. The summed E-state index contributed by atoms with van der Waals surface area (Å²) in [7, 11) is 4.99. The molecule has 0 amide bonds. The Kier molecular flexibility index (Phi) is 4.35. The largest absolute Gasteiger partial charge is 0.572 e. The molecule has 0 aromatic carbocycles. The number of aliphatic imine (C=N–C) groups is 1. The molecule has 0 aliphatic heterocycles. The molecule has 15 heavy (non-hydrogen) atoms. The van der Waals surface area contributed by atoms with Crippen molar-refractivity contribution in [2.75, 3.05) is 0 Å². The number of hydrogen-bond donors (Lipinski definition) is 1. The van der Waals surface area contributed by atoms with Gasteiger partial charge in [0.1, 0.15) is 0 Å². The van der Waals surface area contributed by atoms with Gasteiger partial charge < -0.3 is 4.65 Å². The molecule has 0 aromatic rings. The third-order valence-corrected chi connectivity index (χ3v) is 1.82. The van der Waals surface area contributed by atoms with Gasteiger partial charge in [-0.25, -0.2) is 0 Å². The minimum absolute atomic E-state index is 0.719. The van der Waals surface area contributed by atoms with Crippen LogP contribution in [0.5, 0.6) is 0 Å². The minimum atomic E-state index is 0.719. The standard InChI is InChI=1S/C11H11BN2O/c1-2-3-9-4-5-11(14-8-13)10(6-9)7-15-12/h2-8,13H,1H3/p+1/b3-2+,10-7-,13-8?,14-11?. The smallest absolute Gasteiger partial charge is 0.373 e. The summed E-state index contributed by atoms with van der Waals surface area (Å²) in [6.45, 7) is 1.95. The van der Waals surface area contributed by atoms with Crippen molar-refractivity contribution < 1.29 is 10.1 Å². The first-order valence-corrected chi connectivity index (χ1v) is 4.51. The van der Waals surface area contributed by atoms with Gasteiger partial charge in [0.2, 0.25) is 0 Å². The molecular formula is C11H12BN2O+. The first-order valence-electron chi connectivity index (χ1n) is 4.51. The predicted molar refractivity (Wildman–Crippen MR) is 62.4 cm³/mol. The van der Waals surface area contributed by atoms with Gasteiger partial charge in [-0.2, -0.15) is 0 Å². The Bertz CT molecular complexity index is 389. The van der Waals surface area contributed by atoms with E-state index in [4.69, 9.17) is 13.5 Å². The van der Waals surface area contributed by atoms with E-state index in [0.29, 0.717) is 0 Å². The van der Waals surface area contributed by atoms with Gasteiger partial charge in [0.25, 0.3) is 6.34 Å². The van der Waals surface area contributed by atoms with Crippen molar-refractivity contribution in [1.82, 2.24) is 0 Å². The Labute approximate surface area is 90.5 Å². The maximum absolute atomic E-state index is 5.23. The summed E-state index contributed by atoms with van der Waals surface area (Å²) in [6, 6.07) is 0. The first-order chi connectivity index (χ1) is 7.31. The zero-order chi connectivity index (χ0) is 11.1. The second kappa shape index (κ2) is 5.80. The summed E-state index contributed by atoms with van der Waals surface area (Å²) in [4.78, 5) is 3.99. The van der Waals surface area contributed by atoms with Gasteiger partial charge in [-0.1, -0.05) is 18.2 Å². The average Bonchev–Trinajstić information content (AvgIpc) is 2.23. The molecule has 74 valence electrons. The first kappa shape index (κ1) is 11.2. The van der Waals surface area contributed by atoms with Gasteiger partial charge in [-0.3, -0.25) is 5.41 Å². The summed E-state index contributed by atoms with van der Waals surface area (Å²) < 4.78 is 4.48. The summed E-state index contributed by atoms with van der Waals surface area (Å²) in [6.07, 6.45) is 12.3. The lowest BCUT2D eigenvalue weighted by atomic mass is 10.0. The van der Waals surface area contributed by atoms with E-state index in [-0.39, 0.29) is 0 Å². The van der Waals surface area contributed by atoms with Crippen molar-refractivity contribution in [1.29, 1.82) is 0 Å². The molecule has 1 rings (SSSR count). The Morgan fingerprint density at radius 2 is 2.27 bits per heavy atom. The highest BCUT2D eigenvalue weighted by atomic mass is 16.4. The predicted octanol–water partition coefficient (Wildman–Crippen LogP) is 0.271. The maximum Gasteiger partial charge on any atom is 0.373 e. The Morgan fingerprint density at radius 3 is 2.87 bits per heavy atom. The van der Waals surface area contributed by atoms with Crippen LogP contribution in [0.3, 0.4) is 0 Å². The highest BCUT2D eigenvalue weighted by molar-refractivity contribution is 6.14. The van der Waals surface area contributed by atoms with Gasteiger partial charge in [-0.15, -0.1) is 0 Å². The normalized spacial score (nSPS) is 21.0. The molecule has 0 fully saturated rings. The molecule has 2 radical (unpaired) electrons. The fraction of sp³-hybridized carbons (Fsp3) is 0.0909. The van der Waals surface area contributed by atoms with Crippen LogP contribution in [0.2, 0.25) is 0 Å². The zero-order valence-electron chi connectivity index (χ0n) is 8.55. The van der Waals surface area contributed by atoms with Crippen LogP contribution in [0.25, 0.3) is 0 Å². The average molecular weight is 199 g/mol. The van der Waals surface area contributed by atoms with Crippen LogP contribution in [0.15, 0.2) is 52.8 Å². The van der Waals surface area contributed by atoms with Crippen molar-refractivity contribution in [3.63, 3.8) is 0 Å². The van der Waals surface area contributed by atoms with E-state index in [1.807, 2.05) is 37.3 Å². The molecule has 0 saturated heterocycles. The molecule has 0 bridgehead atoms. The summed E-state index contributed by atoms with van der Waals surface area (Å²) in [5.41, 5.74) is 2.56. The monoisotopic (exact) mass is 199 g/mol. The van der Waals surface area contributed by atoms with Crippen LogP contribution in [-0.2, 0) is 4.65 Å². The Hall–Kier alpha value is -1.84. The molecular weight excluding hydrogens is 187 g/mol.